The molecule has 0 aromatic heterocycles. The number of carbonyl (C=O) groups excluding carboxylic acids is 1. The van der Waals surface area contributed by atoms with Crippen molar-refractivity contribution in [3.8, 4) is 5.75 Å². The van der Waals surface area contributed by atoms with E-state index < -0.39 is 24.5 Å². The highest BCUT2D eigenvalue weighted by Crippen LogP contribution is 2.24. The third kappa shape index (κ3) is 10.4. The van der Waals surface area contributed by atoms with Crippen LogP contribution in [-0.2, 0) is 14.3 Å². The van der Waals surface area contributed by atoms with Crippen LogP contribution in [0.4, 0.5) is 0 Å². The van der Waals surface area contributed by atoms with Gasteiger partial charge in [-0.15, -0.1) is 0 Å². The van der Waals surface area contributed by atoms with Crippen molar-refractivity contribution in [3.63, 3.8) is 0 Å². The summed E-state index contributed by atoms with van der Waals surface area (Å²) >= 11 is 0. The lowest BCUT2D eigenvalue weighted by Gasteiger charge is -2.32. The quantitative estimate of drug-likeness (QED) is 0.235. The van der Waals surface area contributed by atoms with Crippen molar-refractivity contribution in [2.75, 3.05) is 27.4 Å². The number of aliphatic hydroxyl groups is 5. The van der Waals surface area contributed by atoms with E-state index >= 15 is 0 Å². The average Bonchev–Trinajstić information content (AvgIpc) is 2.84. The Labute approximate surface area is 194 Å². The SMILES string of the molecule is CNC1C[C@@H](O)CC(CO)O1.CO.NC(C=O)c1ccc(O[C@H]2C[C@@H](O)CC(CO)O2)cc1. The maximum Gasteiger partial charge on any atom is 0.202 e. The average molecular weight is 475 g/mol. The first-order chi connectivity index (χ1) is 15.9. The second-order valence-corrected chi connectivity index (χ2v) is 7.69. The van der Waals surface area contributed by atoms with E-state index in [1.54, 1.807) is 31.3 Å². The largest absolute Gasteiger partial charge is 0.465 e. The molecule has 0 amide bonds. The molecule has 2 aliphatic heterocycles. The Morgan fingerprint density at radius 2 is 1.58 bits per heavy atom. The predicted molar refractivity (Wildman–Crippen MR) is 119 cm³/mol. The van der Waals surface area contributed by atoms with Gasteiger partial charge in [-0.3, -0.25) is 5.32 Å². The summed E-state index contributed by atoms with van der Waals surface area (Å²) in [6.45, 7) is -0.167. The molecule has 2 aliphatic rings. The van der Waals surface area contributed by atoms with E-state index in [0.29, 0.717) is 43.3 Å². The minimum Gasteiger partial charge on any atom is -0.465 e. The van der Waals surface area contributed by atoms with Crippen molar-refractivity contribution in [1.82, 2.24) is 5.32 Å². The molecule has 2 fully saturated rings. The number of benzene rings is 1. The van der Waals surface area contributed by atoms with Crippen molar-refractivity contribution >= 4 is 6.29 Å². The van der Waals surface area contributed by atoms with Crippen LogP contribution < -0.4 is 15.8 Å². The number of ether oxygens (including phenoxy) is 3. The van der Waals surface area contributed by atoms with Gasteiger partial charge in [-0.2, -0.15) is 0 Å². The van der Waals surface area contributed by atoms with E-state index in [0.717, 1.165) is 7.11 Å². The maximum atomic E-state index is 10.6. The summed E-state index contributed by atoms with van der Waals surface area (Å²) in [6.07, 6.45) is 0.340. The van der Waals surface area contributed by atoms with Gasteiger partial charge in [-0.05, 0) is 24.7 Å². The maximum absolute atomic E-state index is 10.6. The Morgan fingerprint density at radius 3 is 2.09 bits per heavy atom. The zero-order valence-electron chi connectivity index (χ0n) is 19.1. The molecule has 0 aliphatic carbocycles. The van der Waals surface area contributed by atoms with Gasteiger partial charge in [0.25, 0.3) is 0 Å². The minimum atomic E-state index is -0.643. The molecule has 0 spiro atoms. The lowest BCUT2D eigenvalue weighted by molar-refractivity contribution is -0.184. The van der Waals surface area contributed by atoms with Crippen LogP contribution in [0.2, 0.25) is 0 Å². The minimum absolute atomic E-state index is 0.0186. The first-order valence-electron chi connectivity index (χ1n) is 10.9. The predicted octanol–water partition coefficient (Wildman–Crippen LogP) is -1.20. The summed E-state index contributed by atoms with van der Waals surface area (Å²) in [4.78, 5) is 10.6. The molecular formula is C22H38N2O9. The smallest absolute Gasteiger partial charge is 0.202 e. The lowest BCUT2D eigenvalue weighted by atomic mass is 10.1. The van der Waals surface area contributed by atoms with E-state index in [9.17, 15) is 15.0 Å². The van der Waals surface area contributed by atoms with E-state index in [-0.39, 0.29) is 31.6 Å². The van der Waals surface area contributed by atoms with Crippen molar-refractivity contribution in [1.29, 1.82) is 0 Å². The fraction of sp³-hybridized carbons (Fsp3) is 0.682. The number of rotatable bonds is 7. The number of hydrogen-bond acceptors (Lipinski definition) is 11. The van der Waals surface area contributed by atoms with Gasteiger partial charge in [0.2, 0.25) is 6.29 Å². The second kappa shape index (κ2) is 16.0. The number of aldehydes is 1. The van der Waals surface area contributed by atoms with Crippen molar-refractivity contribution < 1.29 is 44.5 Å². The van der Waals surface area contributed by atoms with E-state index in [1.807, 2.05) is 0 Å². The lowest BCUT2D eigenvalue weighted by Crippen LogP contribution is -2.43. The Morgan fingerprint density at radius 1 is 1.03 bits per heavy atom. The third-order valence-electron chi connectivity index (χ3n) is 5.13. The van der Waals surface area contributed by atoms with E-state index in [1.165, 1.54) is 0 Å². The highest BCUT2D eigenvalue weighted by atomic mass is 16.7. The summed E-state index contributed by atoms with van der Waals surface area (Å²) in [5, 5.41) is 46.7. The van der Waals surface area contributed by atoms with Crippen LogP contribution in [0.3, 0.4) is 0 Å². The van der Waals surface area contributed by atoms with Gasteiger partial charge < -0.3 is 50.3 Å². The number of carbonyl (C=O) groups is 1. The van der Waals surface area contributed by atoms with Crippen LogP contribution in [0.15, 0.2) is 24.3 Å². The van der Waals surface area contributed by atoms with Crippen molar-refractivity contribution in [3.05, 3.63) is 29.8 Å². The molecule has 190 valence electrons. The fourth-order valence-electron chi connectivity index (χ4n) is 3.43. The van der Waals surface area contributed by atoms with Gasteiger partial charge in [-0.25, -0.2) is 0 Å². The van der Waals surface area contributed by atoms with Gasteiger partial charge >= 0.3 is 0 Å². The molecule has 0 radical (unpaired) electrons. The van der Waals surface area contributed by atoms with Crippen LogP contribution in [0, 0.1) is 0 Å². The fourth-order valence-corrected chi connectivity index (χ4v) is 3.43. The summed E-state index contributed by atoms with van der Waals surface area (Å²) in [5.41, 5.74) is 6.29. The van der Waals surface area contributed by atoms with E-state index in [4.69, 9.17) is 35.3 Å². The Bertz CT molecular complexity index is 637. The zero-order valence-corrected chi connectivity index (χ0v) is 19.1. The monoisotopic (exact) mass is 474 g/mol. The molecule has 0 bridgehead atoms. The third-order valence-corrected chi connectivity index (χ3v) is 5.13. The molecule has 11 nitrogen and oxygen atoms in total. The van der Waals surface area contributed by atoms with Gasteiger partial charge in [-0.1, -0.05) is 12.1 Å². The molecule has 2 saturated heterocycles. The Hall–Kier alpha value is -1.67. The number of aliphatic hydroxyl groups excluding tert-OH is 5. The number of hydrogen-bond donors (Lipinski definition) is 7. The molecule has 33 heavy (non-hydrogen) atoms. The van der Waals surface area contributed by atoms with Gasteiger partial charge in [0.1, 0.15) is 18.3 Å². The molecule has 11 heteroatoms. The van der Waals surface area contributed by atoms with Crippen molar-refractivity contribution in [2.24, 2.45) is 5.73 Å². The number of nitrogens with one attached hydrogen (secondary N) is 1. The van der Waals surface area contributed by atoms with E-state index in [2.05, 4.69) is 5.32 Å². The summed E-state index contributed by atoms with van der Waals surface area (Å²) in [5.74, 6) is 0.558. The normalized spacial score (nSPS) is 30.1. The van der Waals surface area contributed by atoms with Crippen LogP contribution in [-0.4, -0.2) is 96.1 Å². The van der Waals surface area contributed by atoms with Gasteiger partial charge in [0, 0.05) is 32.8 Å². The number of nitrogens with two attached hydrogens (primary N) is 1. The van der Waals surface area contributed by atoms with Crippen LogP contribution in [0.1, 0.15) is 37.3 Å². The molecule has 1 aromatic carbocycles. The van der Waals surface area contributed by atoms with Crippen molar-refractivity contribution in [2.45, 2.75) is 68.7 Å². The Balaban J connectivity index is 0.000000354. The standard InChI is InChI=1S/C14H19NO5.C7H15NO3.CH4O/c15-13(8-17)9-1-3-11(4-2-9)19-14-6-10(18)5-12(7-16)20-14;1-8-7-3-5(10)2-6(4-9)11-7;1-2/h1-4,8,10,12-14,16,18H,5-7,15H2;5-10H,2-4H2,1H3;2H,1H3/t10-,12?,13?,14+;5-,6?,7?;/m00./s1. The summed E-state index contributed by atoms with van der Waals surface area (Å²) in [6, 6.07) is 6.15. The summed E-state index contributed by atoms with van der Waals surface area (Å²) in [7, 11) is 2.77. The first kappa shape index (κ1) is 29.4. The van der Waals surface area contributed by atoms with Crippen LogP contribution >= 0.6 is 0 Å². The molecule has 7 atom stereocenters. The molecular weight excluding hydrogens is 436 g/mol. The van der Waals surface area contributed by atoms with Gasteiger partial charge in [0.15, 0.2) is 0 Å². The second-order valence-electron chi connectivity index (χ2n) is 7.69. The first-order valence-corrected chi connectivity index (χ1v) is 10.9. The molecule has 8 N–H and O–H groups in total. The molecule has 0 saturated carbocycles. The van der Waals surface area contributed by atoms with Gasteiger partial charge in [0.05, 0.1) is 43.7 Å². The Kier molecular flexibility index (Phi) is 14.3. The van der Waals surface area contributed by atoms with Crippen LogP contribution in [0.25, 0.3) is 0 Å². The molecule has 3 rings (SSSR count). The van der Waals surface area contributed by atoms with Crippen LogP contribution in [0.5, 0.6) is 5.75 Å². The topological polar surface area (TPSA) is 184 Å². The highest BCUT2D eigenvalue weighted by molar-refractivity contribution is 5.61. The zero-order chi connectivity index (χ0) is 24.8. The molecule has 4 unspecified atom stereocenters. The molecule has 1 aromatic rings. The summed E-state index contributed by atoms with van der Waals surface area (Å²) < 4.78 is 16.4. The highest BCUT2D eigenvalue weighted by Gasteiger charge is 2.29. The molecule has 2 heterocycles.